The standard InChI is InChI=1S/C33H37ClF2N4O5/c1-21-8-7-11-25(34)30(21)45-19-28(41)38-26(16-22-9-5-4-6-10-22)29(42)32(44)40-20-33(35,36)17-27(40)31(43)37-18-23-12-14-24(15-13-23)39(2)3/h4-15,26-27,29,42H,16-20H2,1-3H3,(H,37,43)(H,38,41)/t26-,27-,29-/m0/s1. The molecule has 0 unspecified atom stereocenters. The van der Waals surface area contributed by atoms with Crippen LogP contribution in [0.1, 0.15) is 23.1 Å². The maximum absolute atomic E-state index is 14.6. The zero-order chi connectivity index (χ0) is 32.7. The first-order chi connectivity index (χ1) is 21.3. The van der Waals surface area contributed by atoms with Crippen molar-refractivity contribution in [3.63, 3.8) is 0 Å². The van der Waals surface area contributed by atoms with Gasteiger partial charge in [0.2, 0.25) is 5.91 Å². The second-order valence-corrected chi connectivity index (χ2v) is 11.7. The second-order valence-electron chi connectivity index (χ2n) is 11.3. The highest BCUT2D eigenvalue weighted by Gasteiger charge is 2.51. The van der Waals surface area contributed by atoms with Gasteiger partial charge in [0.25, 0.3) is 17.7 Å². The van der Waals surface area contributed by atoms with Crippen molar-refractivity contribution >= 4 is 35.0 Å². The number of amides is 3. The predicted molar refractivity (Wildman–Crippen MR) is 167 cm³/mol. The summed E-state index contributed by atoms with van der Waals surface area (Å²) in [7, 11) is 3.78. The van der Waals surface area contributed by atoms with Crippen molar-refractivity contribution in [1.29, 1.82) is 0 Å². The molecule has 1 saturated heterocycles. The molecule has 1 fully saturated rings. The summed E-state index contributed by atoms with van der Waals surface area (Å²) in [4.78, 5) is 42.2. The Balaban J connectivity index is 1.47. The zero-order valence-electron chi connectivity index (χ0n) is 25.3. The van der Waals surface area contributed by atoms with Gasteiger partial charge in [0.1, 0.15) is 11.8 Å². The van der Waals surface area contributed by atoms with Crippen LogP contribution in [0.25, 0.3) is 0 Å². The number of carbonyl (C=O) groups excluding carboxylic acids is 3. The molecule has 1 heterocycles. The van der Waals surface area contributed by atoms with Crippen LogP contribution in [-0.4, -0.2) is 79.1 Å². The first-order valence-electron chi connectivity index (χ1n) is 14.5. The van der Waals surface area contributed by atoms with Gasteiger partial charge in [-0.05, 0) is 48.2 Å². The Hall–Kier alpha value is -4.22. The first kappa shape index (κ1) is 33.7. The van der Waals surface area contributed by atoms with Gasteiger partial charge in [0.05, 0.1) is 17.6 Å². The third-order valence-corrected chi connectivity index (χ3v) is 7.86. The number of rotatable bonds is 12. The Labute approximate surface area is 266 Å². The van der Waals surface area contributed by atoms with E-state index in [1.807, 2.05) is 31.1 Å². The van der Waals surface area contributed by atoms with Crippen LogP contribution < -0.4 is 20.3 Å². The quantitative estimate of drug-likeness (QED) is 0.278. The van der Waals surface area contributed by atoms with E-state index in [1.165, 1.54) is 0 Å². The fourth-order valence-corrected chi connectivity index (χ4v) is 5.42. The maximum atomic E-state index is 14.6. The minimum atomic E-state index is -3.34. The van der Waals surface area contributed by atoms with E-state index in [2.05, 4.69) is 10.6 Å². The van der Waals surface area contributed by atoms with Gasteiger partial charge in [-0.3, -0.25) is 14.4 Å². The van der Waals surface area contributed by atoms with Crippen molar-refractivity contribution in [3.8, 4) is 5.75 Å². The summed E-state index contributed by atoms with van der Waals surface area (Å²) < 4.78 is 34.9. The highest BCUT2D eigenvalue weighted by Crippen LogP contribution is 2.33. The Bertz CT molecular complexity index is 1470. The molecule has 0 saturated carbocycles. The molecular weight excluding hydrogens is 606 g/mol. The molecule has 3 aromatic rings. The molecule has 240 valence electrons. The summed E-state index contributed by atoms with van der Waals surface area (Å²) in [5, 5.41) is 16.8. The number of aliphatic hydroxyl groups excluding tert-OH is 1. The average molecular weight is 643 g/mol. The van der Waals surface area contributed by atoms with E-state index in [-0.39, 0.29) is 13.0 Å². The number of hydrogen-bond donors (Lipinski definition) is 3. The molecule has 12 heteroatoms. The van der Waals surface area contributed by atoms with Crippen LogP contribution in [0.3, 0.4) is 0 Å². The van der Waals surface area contributed by atoms with Gasteiger partial charge >= 0.3 is 0 Å². The van der Waals surface area contributed by atoms with Crippen LogP contribution in [0.5, 0.6) is 5.75 Å². The highest BCUT2D eigenvalue weighted by molar-refractivity contribution is 6.32. The van der Waals surface area contributed by atoms with Crippen molar-refractivity contribution in [1.82, 2.24) is 15.5 Å². The predicted octanol–water partition coefficient (Wildman–Crippen LogP) is 3.73. The lowest BCUT2D eigenvalue weighted by molar-refractivity contribution is -0.147. The first-order valence-corrected chi connectivity index (χ1v) is 14.8. The van der Waals surface area contributed by atoms with E-state index < -0.39 is 61.4 Å². The van der Waals surface area contributed by atoms with E-state index in [4.69, 9.17) is 16.3 Å². The van der Waals surface area contributed by atoms with E-state index in [0.717, 1.165) is 11.3 Å². The lowest BCUT2D eigenvalue weighted by Crippen LogP contribution is -2.56. The van der Waals surface area contributed by atoms with Crippen molar-refractivity contribution in [2.45, 2.75) is 50.4 Å². The number of ether oxygens (including phenoxy) is 1. The summed E-state index contributed by atoms with van der Waals surface area (Å²) in [5.74, 6) is -5.55. The van der Waals surface area contributed by atoms with Gasteiger partial charge in [-0.15, -0.1) is 0 Å². The molecule has 3 atom stereocenters. The molecule has 3 aromatic carbocycles. The zero-order valence-corrected chi connectivity index (χ0v) is 26.1. The molecule has 0 aromatic heterocycles. The second kappa shape index (κ2) is 14.7. The molecule has 1 aliphatic rings. The third-order valence-electron chi connectivity index (χ3n) is 7.57. The number of benzene rings is 3. The number of nitrogens with one attached hydrogen (secondary N) is 2. The summed E-state index contributed by atoms with van der Waals surface area (Å²) >= 11 is 6.19. The van der Waals surface area contributed by atoms with Crippen molar-refractivity contribution in [3.05, 3.63) is 94.5 Å². The van der Waals surface area contributed by atoms with E-state index >= 15 is 0 Å². The highest BCUT2D eigenvalue weighted by atomic mass is 35.5. The van der Waals surface area contributed by atoms with Crippen LogP contribution in [0.4, 0.5) is 14.5 Å². The van der Waals surface area contributed by atoms with Gasteiger partial charge in [-0.1, -0.05) is 66.2 Å². The van der Waals surface area contributed by atoms with E-state index in [1.54, 1.807) is 67.6 Å². The number of halogens is 3. The van der Waals surface area contributed by atoms with Gasteiger partial charge in [0, 0.05) is 32.7 Å². The molecule has 45 heavy (non-hydrogen) atoms. The monoisotopic (exact) mass is 642 g/mol. The maximum Gasteiger partial charge on any atom is 0.267 e. The topological polar surface area (TPSA) is 111 Å². The molecule has 9 nitrogen and oxygen atoms in total. The van der Waals surface area contributed by atoms with Crippen molar-refractivity contribution in [2.24, 2.45) is 0 Å². The van der Waals surface area contributed by atoms with Crippen LogP contribution in [0, 0.1) is 6.92 Å². The molecule has 0 radical (unpaired) electrons. The molecule has 3 N–H and O–H groups in total. The number of carbonyl (C=O) groups is 3. The number of likely N-dealkylation sites (tertiary alicyclic amines) is 1. The van der Waals surface area contributed by atoms with Crippen LogP contribution in [0.15, 0.2) is 72.8 Å². The summed E-state index contributed by atoms with van der Waals surface area (Å²) in [6.45, 7) is 0.314. The largest absolute Gasteiger partial charge is 0.482 e. The normalized spacial score (nSPS) is 16.9. The summed E-state index contributed by atoms with van der Waals surface area (Å²) in [5.41, 5.74) is 3.08. The molecule has 0 spiro atoms. The molecule has 0 aliphatic carbocycles. The Kier molecular flexibility index (Phi) is 11.0. The molecule has 3 amide bonds. The lowest BCUT2D eigenvalue weighted by Gasteiger charge is -2.30. The Morgan fingerprint density at radius 2 is 1.73 bits per heavy atom. The van der Waals surface area contributed by atoms with Crippen LogP contribution >= 0.6 is 11.6 Å². The summed E-state index contributed by atoms with van der Waals surface area (Å²) in [6, 6.07) is 18.5. The SMILES string of the molecule is Cc1cccc(Cl)c1OCC(=O)N[C@@H](Cc1ccccc1)[C@H](O)C(=O)N1CC(F)(F)C[C@H]1C(=O)NCc1ccc(N(C)C)cc1. The fraction of sp³-hybridized carbons (Fsp3) is 0.364. The van der Waals surface area contributed by atoms with Gasteiger partial charge in [0.15, 0.2) is 12.7 Å². The minimum Gasteiger partial charge on any atom is -0.482 e. The number of para-hydroxylation sites is 1. The number of aliphatic hydroxyl groups is 1. The van der Waals surface area contributed by atoms with Crippen LogP contribution in [0.2, 0.25) is 5.02 Å². The number of nitrogens with zero attached hydrogens (tertiary/aromatic N) is 2. The van der Waals surface area contributed by atoms with Crippen LogP contribution in [-0.2, 0) is 27.3 Å². The average Bonchev–Trinajstić information content (AvgIpc) is 3.34. The van der Waals surface area contributed by atoms with E-state index in [9.17, 15) is 28.3 Å². The number of anilines is 1. The van der Waals surface area contributed by atoms with Crippen molar-refractivity contribution < 1.29 is 33.0 Å². The van der Waals surface area contributed by atoms with Gasteiger partial charge in [-0.2, -0.15) is 0 Å². The number of hydrogen-bond acceptors (Lipinski definition) is 6. The molecule has 0 bridgehead atoms. The lowest BCUT2D eigenvalue weighted by atomic mass is 9.99. The Morgan fingerprint density at radius 1 is 1.04 bits per heavy atom. The minimum absolute atomic E-state index is 0.00858. The smallest absolute Gasteiger partial charge is 0.267 e. The third kappa shape index (κ3) is 8.92. The number of aryl methyl sites for hydroxylation is 1. The molecular formula is C33H37ClF2N4O5. The van der Waals surface area contributed by atoms with Crippen molar-refractivity contribution in [2.75, 3.05) is 32.1 Å². The molecule has 1 aliphatic heterocycles. The van der Waals surface area contributed by atoms with Gasteiger partial charge < -0.3 is 30.3 Å². The van der Waals surface area contributed by atoms with Gasteiger partial charge in [-0.25, -0.2) is 8.78 Å². The Morgan fingerprint density at radius 3 is 2.38 bits per heavy atom. The fourth-order valence-electron chi connectivity index (χ4n) is 5.14. The molecule has 4 rings (SSSR count). The number of alkyl halides is 2. The summed E-state index contributed by atoms with van der Waals surface area (Å²) in [6.07, 6.45) is -2.81. The van der Waals surface area contributed by atoms with E-state index in [0.29, 0.717) is 26.8 Å².